The number of aromatic nitrogens is 2. The van der Waals surface area contributed by atoms with E-state index < -0.39 is 6.17 Å². The molecule has 0 aliphatic carbocycles. The van der Waals surface area contributed by atoms with Gasteiger partial charge in [0.2, 0.25) is 5.95 Å². The van der Waals surface area contributed by atoms with E-state index in [2.05, 4.69) is 15.3 Å². The van der Waals surface area contributed by atoms with Crippen LogP contribution in [0.15, 0.2) is 58.3 Å². The van der Waals surface area contributed by atoms with Gasteiger partial charge in [-0.2, -0.15) is 4.98 Å². The Labute approximate surface area is 137 Å². The second-order valence-corrected chi connectivity index (χ2v) is 5.41. The van der Waals surface area contributed by atoms with Gasteiger partial charge in [0.1, 0.15) is 5.75 Å². The van der Waals surface area contributed by atoms with Crippen LogP contribution in [0.25, 0.3) is 10.9 Å². The fraction of sp³-hybridized carbons (Fsp3) is 0.118. The minimum absolute atomic E-state index is 0.220. The molecule has 0 saturated heterocycles. The van der Waals surface area contributed by atoms with Gasteiger partial charge in [-0.25, -0.2) is 4.99 Å². The number of aliphatic imine (C=N–C) groups is 1. The molecule has 1 atom stereocenters. The molecule has 2 aromatic carbocycles. The van der Waals surface area contributed by atoms with Crippen LogP contribution >= 0.6 is 0 Å². The van der Waals surface area contributed by atoms with Crippen LogP contribution in [0.2, 0.25) is 0 Å². The number of para-hydroxylation sites is 1. The highest BCUT2D eigenvalue weighted by Gasteiger charge is 2.24. The smallest absolute Gasteiger partial charge is 0.282 e. The molecule has 0 bridgehead atoms. The minimum Gasteiger partial charge on any atom is -0.497 e. The lowest BCUT2D eigenvalue weighted by atomic mass is 10.1. The minimum atomic E-state index is -0.412. The average molecular weight is 321 g/mol. The van der Waals surface area contributed by atoms with Crippen molar-refractivity contribution < 1.29 is 4.74 Å². The van der Waals surface area contributed by atoms with Gasteiger partial charge >= 0.3 is 0 Å². The number of methoxy groups -OCH3 is 1. The lowest BCUT2D eigenvalue weighted by Crippen LogP contribution is -2.34. The summed E-state index contributed by atoms with van der Waals surface area (Å²) in [5.74, 6) is 1.36. The number of guanidine groups is 1. The van der Waals surface area contributed by atoms with Crippen LogP contribution in [0.4, 0.5) is 5.95 Å². The normalized spacial score (nSPS) is 16.2. The molecule has 3 N–H and O–H groups in total. The van der Waals surface area contributed by atoms with Gasteiger partial charge in [0.05, 0.1) is 18.0 Å². The monoisotopic (exact) mass is 321 g/mol. The number of ether oxygens (including phenoxy) is 1. The number of nitrogens with two attached hydrogens (primary N) is 1. The number of nitrogens with one attached hydrogen (secondary N) is 1. The first-order valence-corrected chi connectivity index (χ1v) is 7.43. The van der Waals surface area contributed by atoms with Crippen LogP contribution in [0.1, 0.15) is 11.7 Å². The highest BCUT2D eigenvalue weighted by atomic mass is 16.5. The van der Waals surface area contributed by atoms with E-state index in [0.29, 0.717) is 11.3 Å². The first-order chi connectivity index (χ1) is 11.7. The molecule has 4 rings (SSSR count). The predicted octanol–water partition coefficient (Wildman–Crippen LogP) is 1.69. The third-order valence-corrected chi connectivity index (χ3v) is 3.99. The summed E-state index contributed by atoms with van der Waals surface area (Å²) >= 11 is 0. The van der Waals surface area contributed by atoms with Crippen molar-refractivity contribution in [3.63, 3.8) is 0 Å². The average Bonchev–Trinajstić information content (AvgIpc) is 2.61. The summed E-state index contributed by atoms with van der Waals surface area (Å²) in [6.07, 6.45) is -0.412. The summed E-state index contributed by atoms with van der Waals surface area (Å²) in [6.45, 7) is 0. The van der Waals surface area contributed by atoms with Gasteiger partial charge in [-0.3, -0.25) is 14.7 Å². The second-order valence-electron chi connectivity index (χ2n) is 5.41. The third kappa shape index (κ3) is 2.18. The molecular weight excluding hydrogens is 306 g/mol. The SMILES string of the molecule is COc1ccc(C2N=C(N)Nc3nc(=O)c4ccccc4n32)cc1. The molecule has 0 radical (unpaired) electrons. The molecule has 1 aliphatic heterocycles. The van der Waals surface area contributed by atoms with Crippen molar-refractivity contribution in [2.75, 3.05) is 12.4 Å². The first kappa shape index (κ1) is 14.3. The van der Waals surface area contributed by atoms with Crippen molar-refractivity contribution in [3.8, 4) is 5.75 Å². The van der Waals surface area contributed by atoms with Crippen LogP contribution in [-0.2, 0) is 0 Å². The summed E-state index contributed by atoms with van der Waals surface area (Å²) in [4.78, 5) is 20.8. The van der Waals surface area contributed by atoms with E-state index in [9.17, 15) is 4.79 Å². The number of anilines is 1. The Kier molecular flexibility index (Phi) is 3.19. The van der Waals surface area contributed by atoms with Crippen LogP contribution in [-0.4, -0.2) is 22.6 Å². The van der Waals surface area contributed by atoms with Crippen molar-refractivity contribution in [3.05, 3.63) is 64.4 Å². The quantitative estimate of drug-likeness (QED) is 0.749. The van der Waals surface area contributed by atoms with E-state index >= 15 is 0 Å². The molecular formula is C17H15N5O2. The van der Waals surface area contributed by atoms with E-state index in [-0.39, 0.29) is 11.5 Å². The highest BCUT2D eigenvalue weighted by Crippen LogP contribution is 2.30. The van der Waals surface area contributed by atoms with Gasteiger partial charge < -0.3 is 10.5 Å². The zero-order valence-corrected chi connectivity index (χ0v) is 12.9. The molecule has 1 aromatic heterocycles. The molecule has 3 aromatic rings. The van der Waals surface area contributed by atoms with Crippen molar-refractivity contribution in [2.24, 2.45) is 10.7 Å². The molecule has 0 saturated carbocycles. The van der Waals surface area contributed by atoms with E-state index in [4.69, 9.17) is 10.5 Å². The number of hydrogen-bond acceptors (Lipinski definition) is 6. The van der Waals surface area contributed by atoms with Gasteiger partial charge in [0.15, 0.2) is 12.1 Å². The third-order valence-electron chi connectivity index (χ3n) is 3.99. The predicted molar refractivity (Wildman–Crippen MR) is 92.4 cm³/mol. The van der Waals surface area contributed by atoms with Gasteiger partial charge in [-0.05, 0) is 29.8 Å². The zero-order chi connectivity index (χ0) is 16.7. The summed E-state index contributed by atoms with van der Waals surface area (Å²) in [6, 6.07) is 14.9. The maximum absolute atomic E-state index is 12.2. The Morgan fingerprint density at radius 3 is 2.67 bits per heavy atom. The van der Waals surface area contributed by atoms with Crippen LogP contribution in [0, 0.1) is 0 Å². The van der Waals surface area contributed by atoms with Crippen molar-refractivity contribution in [1.29, 1.82) is 0 Å². The molecule has 1 aliphatic rings. The van der Waals surface area contributed by atoms with Gasteiger partial charge in [0, 0.05) is 0 Å². The standard InChI is InChI=1S/C17H15N5O2/c1-24-11-8-6-10(7-9-11)14-19-16(18)21-17-20-15(23)12-4-2-3-5-13(12)22(14)17/h2-9,14H,1H3,(H3,18,19,20,21,23). The topological polar surface area (TPSA) is 94.5 Å². The molecule has 7 nitrogen and oxygen atoms in total. The Bertz CT molecular complexity index is 1010. The first-order valence-electron chi connectivity index (χ1n) is 7.43. The van der Waals surface area contributed by atoms with Crippen molar-refractivity contribution >= 4 is 22.8 Å². The van der Waals surface area contributed by atoms with Crippen molar-refractivity contribution in [1.82, 2.24) is 9.55 Å². The summed E-state index contributed by atoms with van der Waals surface area (Å²) in [5, 5.41) is 3.41. The molecule has 0 amide bonds. The Balaban J connectivity index is 1.97. The molecule has 1 unspecified atom stereocenters. The molecule has 0 fully saturated rings. The van der Waals surface area contributed by atoms with E-state index in [1.165, 1.54) is 0 Å². The van der Waals surface area contributed by atoms with Gasteiger partial charge in [-0.15, -0.1) is 0 Å². The lowest BCUT2D eigenvalue weighted by Gasteiger charge is -2.27. The molecule has 7 heteroatoms. The number of benzene rings is 2. The number of fused-ring (bicyclic) bond motifs is 3. The molecule has 2 heterocycles. The second kappa shape index (κ2) is 5.38. The van der Waals surface area contributed by atoms with E-state index in [1.807, 2.05) is 47.0 Å². The van der Waals surface area contributed by atoms with E-state index in [1.54, 1.807) is 13.2 Å². The van der Waals surface area contributed by atoms with Gasteiger partial charge in [-0.1, -0.05) is 24.3 Å². The fourth-order valence-corrected chi connectivity index (χ4v) is 2.86. The Morgan fingerprint density at radius 1 is 1.17 bits per heavy atom. The van der Waals surface area contributed by atoms with Crippen LogP contribution < -0.4 is 21.3 Å². The van der Waals surface area contributed by atoms with Crippen LogP contribution in [0.5, 0.6) is 5.75 Å². The maximum Gasteiger partial charge on any atom is 0.282 e. The zero-order valence-electron chi connectivity index (χ0n) is 12.9. The summed E-state index contributed by atoms with van der Waals surface area (Å²) in [5.41, 5.74) is 7.25. The summed E-state index contributed by atoms with van der Waals surface area (Å²) < 4.78 is 7.07. The van der Waals surface area contributed by atoms with Crippen LogP contribution in [0.3, 0.4) is 0 Å². The maximum atomic E-state index is 12.2. The number of nitrogens with zero attached hydrogens (tertiary/aromatic N) is 3. The number of hydrogen-bond donors (Lipinski definition) is 2. The summed E-state index contributed by atoms with van der Waals surface area (Å²) in [7, 11) is 1.62. The largest absolute Gasteiger partial charge is 0.497 e. The highest BCUT2D eigenvalue weighted by molar-refractivity contribution is 5.93. The fourth-order valence-electron chi connectivity index (χ4n) is 2.86. The molecule has 24 heavy (non-hydrogen) atoms. The Morgan fingerprint density at radius 2 is 1.92 bits per heavy atom. The van der Waals surface area contributed by atoms with Gasteiger partial charge in [0.25, 0.3) is 5.56 Å². The van der Waals surface area contributed by atoms with E-state index in [0.717, 1.165) is 16.8 Å². The molecule has 0 spiro atoms. The molecule has 120 valence electrons. The number of rotatable bonds is 2. The lowest BCUT2D eigenvalue weighted by molar-refractivity contribution is 0.414. The van der Waals surface area contributed by atoms with Crippen molar-refractivity contribution in [2.45, 2.75) is 6.17 Å². The Hall–Kier alpha value is -3.35.